The number of nitrogens with zero attached hydrogens (tertiary/aromatic N) is 4. The average molecular weight is 353 g/mol. The van der Waals surface area contributed by atoms with Crippen LogP contribution in [0.15, 0.2) is 48.8 Å². The number of hydrogen-bond donors (Lipinski definition) is 1. The summed E-state index contributed by atoms with van der Waals surface area (Å²) in [5, 5.41) is 11.5. The van der Waals surface area contributed by atoms with Crippen molar-refractivity contribution in [2.45, 2.75) is 40.1 Å². The zero-order chi connectivity index (χ0) is 18.5. The van der Waals surface area contributed by atoms with E-state index in [1.165, 1.54) is 0 Å². The molecule has 1 N–H and O–H groups in total. The molecule has 3 rings (SSSR count). The highest BCUT2D eigenvalue weighted by molar-refractivity contribution is 5.92. The molecule has 136 valence electrons. The highest BCUT2D eigenvalue weighted by Gasteiger charge is 2.16. The smallest absolute Gasteiger partial charge is 0.272 e. The fraction of sp³-hybridized carbons (Fsp3) is 0.316. The number of amides is 1. The van der Waals surface area contributed by atoms with E-state index in [0.29, 0.717) is 5.69 Å². The molecule has 1 atom stereocenters. The minimum atomic E-state index is -0.226. The lowest BCUT2D eigenvalue weighted by atomic mass is 10.2. The zero-order valence-corrected chi connectivity index (χ0v) is 15.2. The molecule has 0 saturated heterocycles. The summed E-state index contributed by atoms with van der Waals surface area (Å²) < 4.78 is 9.20. The summed E-state index contributed by atoms with van der Waals surface area (Å²) in [5.41, 5.74) is 2.37. The second-order valence-corrected chi connectivity index (χ2v) is 6.05. The van der Waals surface area contributed by atoms with Gasteiger partial charge < -0.3 is 10.1 Å². The van der Waals surface area contributed by atoms with Gasteiger partial charge in [-0.25, -0.2) is 4.68 Å². The molecule has 1 amide bonds. The molecule has 0 aliphatic carbocycles. The molecule has 0 aliphatic rings. The molecule has 26 heavy (non-hydrogen) atoms. The number of benzene rings is 1. The van der Waals surface area contributed by atoms with E-state index < -0.39 is 0 Å². The first-order chi connectivity index (χ1) is 12.6. The Labute approximate surface area is 152 Å². The van der Waals surface area contributed by atoms with Crippen LogP contribution in [0.3, 0.4) is 0 Å². The Morgan fingerprint density at radius 2 is 2.08 bits per heavy atom. The van der Waals surface area contributed by atoms with E-state index in [2.05, 4.69) is 15.5 Å². The van der Waals surface area contributed by atoms with Gasteiger partial charge in [-0.05, 0) is 44.5 Å². The van der Waals surface area contributed by atoms with Gasteiger partial charge in [0, 0.05) is 18.9 Å². The van der Waals surface area contributed by atoms with Gasteiger partial charge in [-0.15, -0.1) is 0 Å². The molecule has 3 aromatic rings. The van der Waals surface area contributed by atoms with Crippen LogP contribution in [0.1, 0.15) is 41.6 Å². The van der Waals surface area contributed by atoms with E-state index >= 15 is 0 Å². The summed E-state index contributed by atoms with van der Waals surface area (Å²) in [5.74, 6) is 0.575. The maximum Gasteiger partial charge on any atom is 0.272 e. The lowest BCUT2D eigenvalue weighted by Crippen LogP contribution is -2.28. The van der Waals surface area contributed by atoms with Crippen LogP contribution in [0, 0.1) is 6.92 Å². The first-order valence-electron chi connectivity index (χ1n) is 8.63. The Morgan fingerprint density at radius 3 is 2.85 bits per heavy atom. The second-order valence-electron chi connectivity index (χ2n) is 6.05. The molecule has 0 bridgehead atoms. The van der Waals surface area contributed by atoms with Crippen molar-refractivity contribution < 1.29 is 9.53 Å². The Morgan fingerprint density at radius 1 is 1.27 bits per heavy atom. The van der Waals surface area contributed by atoms with E-state index in [0.717, 1.165) is 23.6 Å². The molecule has 1 unspecified atom stereocenters. The number of nitrogens with one attached hydrogen (secondary N) is 1. The quantitative estimate of drug-likeness (QED) is 0.709. The highest BCUT2D eigenvalue weighted by Crippen LogP contribution is 2.16. The Balaban J connectivity index is 1.60. The Kier molecular flexibility index (Phi) is 5.36. The zero-order valence-electron chi connectivity index (χ0n) is 15.2. The average Bonchev–Trinajstić information content (AvgIpc) is 3.30. The van der Waals surface area contributed by atoms with Gasteiger partial charge in [0.2, 0.25) is 0 Å². The Bertz CT molecular complexity index is 883. The number of ether oxygens (including phenoxy) is 1. The monoisotopic (exact) mass is 353 g/mol. The summed E-state index contributed by atoms with van der Waals surface area (Å²) in [6.45, 7) is 6.93. The van der Waals surface area contributed by atoms with Crippen molar-refractivity contribution in [3.63, 3.8) is 0 Å². The van der Waals surface area contributed by atoms with Crippen LogP contribution in [0.2, 0.25) is 0 Å². The van der Waals surface area contributed by atoms with Crippen LogP contribution in [0.25, 0.3) is 0 Å². The van der Waals surface area contributed by atoms with Crippen LogP contribution >= 0.6 is 0 Å². The summed E-state index contributed by atoms with van der Waals surface area (Å²) in [6.07, 6.45) is 3.47. The first-order valence-corrected chi connectivity index (χ1v) is 8.63. The van der Waals surface area contributed by atoms with Gasteiger partial charge in [0.25, 0.3) is 5.91 Å². The van der Waals surface area contributed by atoms with E-state index in [9.17, 15) is 4.79 Å². The molecule has 0 aliphatic heterocycles. The fourth-order valence-corrected chi connectivity index (χ4v) is 2.73. The summed E-state index contributed by atoms with van der Waals surface area (Å²) in [4.78, 5) is 12.4. The van der Waals surface area contributed by atoms with Crippen LogP contribution < -0.4 is 10.1 Å². The standard InChI is InChI=1S/C19H23N5O2/c1-4-24-17(9-11-20-24)15(3)21-19(25)16-10-12-23(22-16)13-26-18-8-6-5-7-14(18)2/h5-12,15H,4,13H2,1-3H3,(H,21,25). The van der Waals surface area contributed by atoms with Crippen LogP contribution in [-0.4, -0.2) is 25.5 Å². The van der Waals surface area contributed by atoms with Crippen molar-refractivity contribution in [2.24, 2.45) is 0 Å². The first kappa shape index (κ1) is 17.7. The van der Waals surface area contributed by atoms with Gasteiger partial charge in [-0.3, -0.25) is 9.48 Å². The van der Waals surface area contributed by atoms with Crippen molar-refractivity contribution in [2.75, 3.05) is 0 Å². The van der Waals surface area contributed by atoms with Crippen LogP contribution in [0.5, 0.6) is 5.75 Å². The van der Waals surface area contributed by atoms with Crippen molar-refractivity contribution in [1.29, 1.82) is 0 Å². The predicted octanol–water partition coefficient (Wildman–Crippen LogP) is 2.94. The van der Waals surface area contributed by atoms with Gasteiger partial charge in [-0.2, -0.15) is 10.2 Å². The second kappa shape index (κ2) is 7.86. The number of rotatable bonds is 7. The number of hydrogen-bond acceptors (Lipinski definition) is 4. The van der Waals surface area contributed by atoms with E-state index in [1.54, 1.807) is 23.1 Å². The molecular formula is C19H23N5O2. The molecule has 0 saturated carbocycles. The number of para-hydroxylation sites is 1. The third kappa shape index (κ3) is 3.93. The molecule has 2 heterocycles. The summed E-state index contributed by atoms with van der Waals surface area (Å²) >= 11 is 0. The van der Waals surface area contributed by atoms with E-state index in [4.69, 9.17) is 4.74 Å². The SMILES string of the molecule is CCn1nccc1C(C)NC(=O)c1ccn(COc2ccccc2C)n1. The minimum Gasteiger partial charge on any atom is -0.471 e. The maximum atomic E-state index is 12.4. The van der Waals surface area contributed by atoms with E-state index in [1.807, 2.05) is 55.8 Å². The number of aryl methyl sites for hydroxylation is 2. The number of carbonyl (C=O) groups excluding carboxylic acids is 1. The Hall–Kier alpha value is -3.09. The topological polar surface area (TPSA) is 74.0 Å². The fourth-order valence-electron chi connectivity index (χ4n) is 2.73. The molecule has 7 nitrogen and oxygen atoms in total. The summed E-state index contributed by atoms with van der Waals surface area (Å²) in [7, 11) is 0. The van der Waals surface area contributed by atoms with Crippen molar-refractivity contribution in [3.8, 4) is 5.75 Å². The largest absolute Gasteiger partial charge is 0.471 e. The highest BCUT2D eigenvalue weighted by atomic mass is 16.5. The minimum absolute atomic E-state index is 0.154. The molecule has 2 aromatic heterocycles. The number of aromatic nitrogens is 4. The van der Waals surface area contributed by atoms with Crippen molar-refractivity contribution in [1.82, 2.24) is 24.9 Å². The molecule has 0 fully saturated rings. The third-order valence-electron chi connectivity index (χ3n) is 4.16. The van der Waals surface area contributed by atoms with Crippen molar-refractivity contribution in [3.05, 3.63) is 65.7 Å². The van der Waals surface area contributed by atoms with Crippen LogP contribution in [-0.2, 0) is 13.3 Å². The lowest BCUT2D eigenvalue weighted by Gasteiger charge is -2.14. The van der Waals surface area contributed by atoms with Crippen LogP contribution in [0.4, 0.5) is 0 Å². The van der Waals surface area contributed by atoms with Gasteiger partial charge in [-0.1, -0.05) is 18.2 Å². The molecule has 0 radical (unpaired) electrons. The van der Waals surface area contributed by atoms with Gasteiger partial charge in [0.05, 0.1) is 11.7 Å². The predicted molar refractivity (Wildman–Crippen MR) is 97.8 cm³/mol. The normalized spacial score (nSPS) is 12.0. The molecule has 1 aromatic carbocycles. The third-order valence-corrected chi connectivity index (χ3v) is 4.16. The number of carbonyl (C=O) groups is 1. The van der Waals surface area contributed by atoms with E-state index in [-0.39, 0.29) is 18.7 Å². The molecule has 0 spiro atoms. The van der Waals surface area contributed by atoms with Crippen molar-refractivity contribution >= 4 is 5.91 Å². The maximum absolute atomic E-state index is 12.4. The lowest BCUT2D eigenvalue weighted by molar-refractivity contribution is 0.0931. The summed E-state index contributed by atoms with van der Waals surface area (Å²) in [6, 6.07) is 11.2. The molecular weight excluding hydrogens is 330 g/mol. The van der Waals surface area contributed by atoms with Gasteiger partial charge in [0.15, 0.2) is 6.73 Å². The molecule has 7 heteroatoms. The van der Waals surface area contributed by atoms with Gasteiger partial charge >= 0.3 is 0 Å². The van der Waals surface area contributed by atoms with Gasteiger partial charge in [0.1, 0.15) is 11.4 Å².